The van der Waals surface area contributed by atoms with Gasteiger partial charge in [0.2, 0.25) is 0 Å². The van der Waals surface area contributed by atoms with Crippen molar-refractivity contribution in [2.75, 3.05) is 9.80 Å². The van der Waals surface area contributed by atoms with Gasteiger partial charge in [0.05, 0.1) is 5.69 Å². The van der Waals surface area contributed by atoms with Gasteiger partial charge in [-0.2, -0.15) is 0 Å². The first-order valence-electron chi connectivity index (χ1n) is 23.5. The third-order valence-corrected chi connectivity index (χ3v) is 17.1. The van der Waals surface area contributed by atoms with Crippen LogP contribution in [0.1, 0.15) is 167 Å². The van der Waals surface area contributed by atoms with E-state index in [4.69, 9.17) is 0 Å². The molecule has 0 atom stereocenters. The molecule has 4 heteroatoms. The number of thiophene rings is 1. The average Bonchev–Trinajstić information content (AvgIpc) is 3.55. The van der Waals surface area contributed by atoms with Gasteiger partial charge in [-0.15, -0.1) is 11.3 Å². The van der Waals surface area contributed by atoms with Gasteiger partial charge in [-0.1, -0.05) is 127 Å². The van der Waals surface area contributed by atoms with Crippen LogP contribution in [0.25, 0.3) is 10.1 Å². The summed E-state index contributed by atoms with van der Waals surface area (Å²) in [4.78, 5) is 5.39. The van der Waals surface area contributed by atoms with Gasteiger partial charge in [0.1, 0.15) is 0 Å². The Hall–Kier alpha value is -4.28. The molecule has 1 aromatic heterocycles. The van der Waals surface area contributed by atoms with Crippen LogP contribution in [0.15, 0.2) is 78.9 Å². The molecule has 0 radical (unpaired) electrons. The van der Waals surface area contributed by atoms with Gasteiger partial charge in [-0.3, -0.25) is 0 Å². The zero-order chi connectivity index (χ0) is 44.4. The summed E-state index contributed by atoms with van der Waals surface area (Å²) in [5, 5.41) is 1.36. The molecule has 0 saturated carbocycles. The first-order valence-corrected chi connectivity index (χ1v) is 24.4. The molecule has 0 saturated heterocycles. The van der Waals surface area contributed by atoms with E-state index in [0.717, 1.165) is 0 Å². The lowest BCUT2D eigenvalue weighted by Crippen LogP contribution is -2.61. The van der Waals surface area contributed by atoms with E-state index in [1.807, 2.05) is 11.3 Å². The van der Waals surface area contributed by atoms with E-state index < -0.39 is 0 Å². The van der Waals surface area contributed by atoms with Crippen molar-refractivity contribution < 1.29 is 0 Å². The topological polar surface area (TPSA) is 6.48 Å². The molecule has 0 fully saturated rings. The fourth-order valence-corrected chi connectivity index (χ4v) is 13.1. The van der Waals surface area contributed by atoms with Crippen molar-refractivity contribution in [2.45, 2.75) is 169 Å². The molecule has 62 heavy (non-hydrogen) atoms. The van der Waals surface area contributed by atoms with E-state index in [-0.39, 0.29) is 39.2 Å². The molecule has 0 unspecified atom stereocenters. The van der Waals surface area contributed by atoms with E-state index in [1.165, 1.54) is 130 Å². The van der Waals surface area contributed by atoms with E-state index in [0.29, 0.717) is 0 Å². The van der Waals surface area contributed by atoms with Crippen LogP contribution in [0.4, 0.5) is 34.1 Å². The summed E-state index contributed by atoms with van der Waals surface area (Å²) in [5.74, 6) is 0. The Morgan fingerprint density at radius 2 is 1.05 bits per heavy atom. The maximum absolute atomic E-state index is 2.71. The minimum atomic E-state index is 0.0132. The van der Waals surface area contributed by atoms with Crippen LogP contribution >= 0.6 is 11.3 Å². The minimum absolute atomic E-state index is 0.0132. The summed E-state index contributed by atoms with van der Waals surface area (Å²) in [5.41, 5.74) is 22.7. The highest BCUT2D eigenvalue weighted by atomic mass is 32.1. The molecule has 10 rings (SSSR count). The number of anilines is 6. The van der Waals surface area contributed by atoms with Gasteiger partial charge in [-0.25, -0.2) is 0 Å². The maximum Gasteiger partial charge on any atom is 0.264 e. The van der Waals surface area contributed by atoms with Crippen LogP contribution in [-0.4, -0.2) is 6.71 Å². The Kier molecular flexibility index (Phi) is 8.85. The number of aryl methyl sites for hydroxylation is 2. The lowest BCUT2D eigenvalue weighted by Gasteiger charge is -2.47. The molecule has 320 valence electrons. The second-order valence-corrected chi connectivity index (χ2v) is 25.7. The first-order chi connectivity index (χ1) is 28.8. The zero-order valence-corrected chi connectivity index (χ0v) is 41.5. The first kappa shape index (κ1) is 41.7. The summed E-state index contributed by atoms with van der Waals surface area (Å²) in [6.07, 6.45) is 4.78. The Bertz CT molecular complexity index is 2870. The van der Waals surface area contributed by atoms with Gasteiger partial charge in [0.15, 0.2) is 0 Å². The molecule has 0 spiro atoms. The Balaban J connectivity index is 1.35. The number of hydrogen-bond donors (Lipinski definition) is 0. The second-order valence-electron chi connectivity index (χ2n) is 24.6. The summed E-state index contributed by atoms with van der Waals surface area (Å²) in [7, 11) is 0. The van der Waals surface area contributed by atoms with E-state index in [1.54, 1.807) is 0 Å². The Morgan fingerprint density at radius 1 is 0.500 bits per heavy atom. The fourth-order valence-electron chi connectivity index (χ4n) is 11.7. The molecule has 0 amide bonds. The standard InChI is InChI=1S/C58H69BN2S/c1-34-25-37(54(6,7)8)29-39(26-34)60-46-33-44-43(57(13,14)23-24-58(44,15)16)32-45(46)59-50-47(60)27-35(2)28-48(50)61(38-18-20-41-42(31-38)56(11,12)22-21-55(41,9)10)51-40-19-17-36(53(3,4)5)30-49(40)62-52(51)59/h17-20,25-33H,21-24H2,1-16H3. The molecule has 5 aromatic carbocycles. The summed E-state index contributed by atoms with van der Waals surface area (Å²) >= 11 is 2.05. The van der Waals surface area contributed by atoms with Crippen LogP contribution in [-0.2, 0) is 32.5 Å². The molecule has 2 aliphatic carbocycles. The maximum atomic E-state index is 2.71. The third kappa shape index (κ3) is 6.23. The number of nitrogens with zero attached hydrogens (tertiary/aromatic N) is 2. The molecule has 2 aliphatic heterocycles. The molecular weight excluding hydrogens is 768 g/mol. The van der Waals surface area contributed by atoms with Crippen molar-refractivity contribution in [1.82, 2.24) is 0 Å². The lowest BCUT2D eigenvalue weighted by atomic mass is 9.35. The quantitative estimate of drug-likeness (QED) is 0.160. The summed E-state index contributed by atoms with van der Waals surface area (Å²) < 4.78 is 2.85. The summed E-state index contributed by atoms with van der Waals surface area (Å²) in [6.45, 7) is 38.6. The third-order valence-electron chi connectivity index (χ3n) is 15.9. The highest BCUT2D eigenvalue weighted by Crippen LogP contribution is 2.54. The lowest BCUT2D eigenvalue weighted by molar-refractivity contribution is 0.332. The molecule has 0 bridgehead atoms. The van der Waals surface area contributed by atoms with E-state index >= 15 is 0 Å². The number of rotatable bonds is 2. The van der Waals surface area contributed by atoms with Crippen LogP contribution < -0.4 is 25.5 Å². The van der Waals surface area contributed by atoms with Crippen molar-refractivity contribution >= 4 is 78.0 Å². The SMILES string of the molecule is Cc1cc(N2c3cc4c(cc3B3c5sc6cc(C(C)(C)C)ccc6c5N(c5ccc6c(c5)C(C)(C)CCC6(C)C)c5cc(C)cc2c53)C(C)(C)CCC4(C)C)cc(C(C)(C)C)c1. The van der Waals surface area contributed by atoms with Crippen molar-refractivity contribution in [2.24, 2.45) is 0 Å². The van der Waals surface area contributed by atoms with E-state index in [9.17, 15) is 0 Å². The second kappa shape index (κ2) is 13.2. The van der Waals surface area contributed by atoms with Gasteiger partial charge in [0.25, 0.3) is 6.71 Å². The Labute approximate surface area is 378 Å². The minimum Gasteiger partial charge on any atom is -0.311 e. The zero-order valence-electron chi connectivity index (χ0n) is 40.7. The van der Waals surface area contributed by atoms with Crippen LogP contribution in [0, 0.1) is 13.8 Å². The predicted octanol–water partition coefficient (Wildman–Crippen LogP) is 14.9. The molecule has 2 nitrogen and oxygen atoms in total. The number of fused-ring (bicyclic) bond motifs is 8. The van der Waals surface area contributed by atoms with Crippen LogP contribution in [0.3, 0.4) is 0 Å². The van der Waals surface area contributed by atoms with Gasteiger partial charge in [0, 0.05) is 43.3 Å². The van der Waals surface area contributed by atoms with Gasteiger partial charge < -0.3 is 9.80 Å². The predicted molar refractivity (Wildman–Crippen MR) is 273 cm³/mol. The monoisotopic (exact) mass is 837 g/mol. The normalized spacial score (nSPS) is 19.1. The molecular formula is C58H69BN2S. The van der Waals surface area contributed by atoms with Gasteiger partial charge in [-0.05, 0) is 176 Å². The molecule has 0 N–H and O–H groups in total. The largest absolute Gasteiger partial charge is 0.311 e. The van der Waals surface area contributed by atoms with Crippen molar-refractivity contribution in [3.63, 3.8) is 0 Å². The van der Waals surface area contributed by atoms with Crippen molar-refractivity contribution in [3.8, 4) is 0 Å². The van der Waals surface area contributed by atoms with Crippen LogP contribution in [0.5, 0.6) is 0 Å². The summed E-state index contributed by atoms with van der Waals surface area (Å²) in [6, 6.07) is 32.6. The highest BCUT2D eigenvalue weighted by molar-refractivity contribution is 7.33. The van der Waals surface area contributed by atoms with E-state index in [2.05, 4.69) is 199 Å². The molecule has 3 heterocycles. The molecule has 6 aromatic rings. The van der Waals surface area contributed by atoms with Crippen LogP contribution in [0.2, 0.25) is 0 Å². The van der Waals surface area contributed by atoms with Crippen molar-refractivity contribution in [1.29, 1.82) is 0 Å². The Morgan fingerprint density at radius 3 is 1.66 bits per heavy atom. The fraction of sp³-hybridized carbons (Fsp3) is 0.448. The van der Waals surface area contributed by atoms with Gasteiger partial charge >= 0.3 is 0 Å². The average molecular weight is 837 g/mol. The highest BCUT2D eigenvalue weighted by Gasteiger charge is 2.48. The number of hydrogen-bond acceptors (Lipinski definition) is 3. The molecule has 4 aliphatic rings. The smallest absolute Gasteiger partial charge is 0.264 e. The number of benzene rings is 5. The van der Waals surface area contributed by atoms with Crippen molar-refractivity contribution in [3.05, 3.63) is 123 Å².